The number of amides is 2. The summed E-state index contributed by atoms with van der Waals surface area (Å²) >= 11 is 0. The highest BCUT2D eigenvalue weighted by molar-refractivity contribution is 6.04. The zero-order valence-corrected chi connectivity index (χ0v) is 15.0. The molecule has 6 nitrogen and oxygen atoms in total. The highest BCUT2D eigenvalue weighted by Gasteiger charge is 2.41. The molecule has 2 aromatic rings. The first-order valence-corrected chi connectivity index (χ1v) is 8.95. The standard InChI is InChI=1S/C21H22N2O4/c1-13(22-20(25)17-10-11-18(17)21(26)27)15-8-5-9-16(12-15)23-19(24)14-6-3-2-4-7-14/h2-9,12-13,17-18H,10-11H2,1H3,(H,22,25)(H,23,24)(H,26,27). The van der Waals surface area contributed by atoms with Gasteiger partial charge >= 0.3 is 5.97 Å². The number of aliphatic carboxylic acids is 1. The Kier molecular flexibility index (Phi) is 5.54. The molecular weight excluding hydrogens is 344 g/mol. The Labute approximate surface area is 157 Å². The van der Waals surface area contributed by atoms with Crippen molar-refractivity contribution in [2.45, 2.75) is 25.8 Å². The van der Waals surface area contributed by atoms with E-state index in [0.29, 0.717) is 24.1 Å². The van der Waals surface area contributed by atoms with Crippen molar-refractivity contribution < 1.29 is 19.5 Å². The van der Waals surface area contributed by atoms with Crippen LogP contribution in [0.15, 0.2) is 54.6 Å². The second-order valence-corrected chi connectivity index (χ2v) is 6.80. The Balaban J connectivity index is 1.63. The van der Waals surface area contributed by atoms with E-state index in [0.717, 1.165) is 5.56 Å². The van der Waals surface area contributed by atoms with Crippen LogP contribution in [0.2, 0.25) is 0 Å². The van der Waals surface area contributed by atoms with Gasteiger partial charge in [-0.25, -0.2) is 0 Å². The molecule has 27 heavy (non-hydrogen) atoms. The molecule has 2 aromatic carbocycles. The molecule has 0 spiro atoms. The summed E-state index contributed by atoms with van der Waals surface area (Å²) in [6.07, 6.45) is 1.14. The van der Waals surface area contributed by atoms with Gasteiger partial charge in [0.2, 0.25) is 5.91 Å². The van der Waals surface area contributed by atoms with Crippen LogP contribution in [0.5, 0.6) is 0 Å². The third-order valence-electron chi connectivity index (χ3n) is 4.97. The van der Waals surface area contributed by atoms with E-state index in [1.807, 2.05) is 25.1 Å². The van der Waals surface area contributed by atoms with Crippen LogP contribution >= 0.6 is 0 Å². The van der Waals surface area contributed by atoms with Gasteiger partial charge < -0.3 is 15.7 Å². The number of hydrogen-bond donors (Lipinski definition) is 3. The highest BCUT2D eigenvalue weighted by Crippen LogP contribution is 2.35. The lowest BCUT2D eigenvalue weighted by molar-refractivity contribution is -0.152. The van der Waals surface area contributed by atoms with Gasteiger partial charge in [0.05, 0.1) is 17.9 Å². The minimum atomic E-state index is -0.917. The van der Waals surface area contributed by atoms with Gasteiger partial charge in [0, 0.05) is 11.3 Å². The third-order valence-corrected chi connectivity index (χ3v) is 4.97. The van der Waals surface area contributed by atoms with Crippen LogP contribution in [-0.2, 0) is 9.59 Å². The van der Waals surface area contributed by atoms with E-state index in [4.69, 9.17) is 5.11 Å². The van der Waals surface area contributed by atoms with E-state index in [2.05, 4.69) is 10.6 Å². The third kappa shape index (κ3) is 4.34. The molecule has 0 heterocycles. The van der Waals surface area contributed by atoms with E-state index in [1.54, 1.807) is 36.4 Å². The minimum absolute atomic E-state index is 0.205. The zero-order valence-electron chi connectivity index (χ0n) is 15.0. The SMILES string of the molecule is CC(NC(=O)C1CCC1C(=O)O)c1cccc(NC(=O)c2ccccc2)c1. The van der Waals surface area contributed by atoms with Crippen LogP contribution in [0.1, 0.15) is 41.7 Å². The highest BCUT2D eigenvalue weighted by atomic mass is 16.4. The number of carboxylic acid groups (broad SMARTS) is 1. The molecule has 1 aliphatic carbocycles. The van der Waals surface area contributed by atoms with Crippen molar-refractivity contribution in [3.8, 4) is 0 Å². The molecule has 0 radical (unpaired) electrons. The molecule has 0 bridgehead atoms. The molecule has 1 fully saturated rings. The van der Waals surface area contributed by atoms with Crippen LogP contribution in [-0.4, -0.2) is 22.9 Å². The van der Waals surface area contributed by atoms with Crippen LogP contribution < -0.4 is 10.6 Å². The Morgan fingerprint density at radius 1 is 1.00 bits per heavy atom. The van der Waals surface area contributed by atoms with Gasteiger partial charge in [0.1, 0.15) is 0 Å². The van der Waals surface area contributed by atoms with Crippen molar-refractivity contribution in [1.82, 2.24) is 5.32 Å². The summed E-state index contributed by atoms with van der Waals surface area (Å²) in [7, 11) is 0. The molecule has 140 valence electrons. The average molecular weight is 366 g/mol. The van der Waals surface area contributed by atoms with E-state index in [1.165, 1.54) is 0 Å². The first-order chi connectivity index (χ1) is 13.0. The van der Waals surface area contributed by atoms with Gasteiger partial charge in [0.25, 0.3) is 5.91 Å². The quantitative estimate of drug-likeness (QED) is 0.731. The normalized spacial score (nSPS) is 19.4. The van der Waals surface area contributed by atoms with Crippen LogP contribution in [0, 0.1) is 11.8 Å². The van der Waals surface area contributed by atoms with E-state index >= 15 is 0 Å². The lowest BCUT2D eigenvalue weighted by Crippen LogP contribution is -2.44. The molecule has 0 aromatic heterocycles. The van der Waals surface area contributed by atoms with Gasteiger partial charge in [-0.3, -0.25) is 14.4 Å². The van der Waals surface area contributed by atoms with Gasteiger partial charge in [-0.05, 0) is 49.6 Å². The lowest BCUT2D eigenvalue weighted by atomic mass is 9.73. The predicted octanol–water partition coefficient (Wildman–Crippen LogP) is 3.23. The number of nitrogens with one attached hydrogen (secondary N) is 2. The Morgan fingerprint density at radius 2 is 1.70 bits per heavy atom. The summed E-state index contributed by atoms with van der Waals surface area (Å²) in [5.74, 6) is -2.41. The van der Waals surface area contributed by atoms with Crippen molar-refractivity contribution in [2.24, 2.45) is 11.8 Å². The number of rotatable bonds is 6. The van der Waals surface area contributed by atoms with Crippen molar-refractivity contribution in [1.29, 1.82) is 0 Å². The minimum Gasteiger partial charge on any atom is -0.481 e. The van der Waals surface area contributed by atoms with E-state index in [-0.39, 0.29) is 17.9 Å². The fourth-order valence-corrected chi connectivity index (χ4v) is 3.19. The molecule has 1 aliphatic rings. The van der Waals surface area contributed by atoms with Gasteiger partial charge in [0.15, 0.2) is 0 Å². The summed E-state index contributed by atoms with van der Waals surface area (Å²) in [6, 6.07) is 15.9. The number of carboxylic acids is 1. The zero-order chi connectivity index (χ0) is 19.4. The Hall–Kier alpha value is -3.15. The Morgan fingerprint density at radius 3 is 2.33 bits per heavy atom. The molecule has 3 N–H and O–H groups in total. The topological polar surface area (TPSA) is 95.5 Å². The second kappa shape index (κ2) is 8.03. The predicted molar refractivity (Wildman–Crippen MR) is 101 cm³/mol. The largest absolute Gasteiger partial charge is 0.481 e. The first kappa shape index (κ1) is 18.6. The molecule has 6 heteroatoms. The summed E-state index contributed by atoms with van der Waals surface area (Å²) < 4.78 is 0. The number of anilines is 1. The fourth-order valence-electron chi connectivity index (χ4n) is 3.19. The summed E-state index contributed by atoms with van der Waals surface area (Å²) in [5.41, 5.74) is 2.03. The first-order valence-electron chi connectivity index (χ1n) is 8.95. The maximum Gasteiger partial charge on any atom is 0.307 e. The molecule has 0 saturated heterocycles. The smallest absolute Gasteiger partial charge is 0.307 e. The van der Waals surface area contributed by atoms with Gasteiger partial charge in [-0.15, -0.1) is 0 Å². The monoisotopic (exact) mass is 366 g/mol. The molecule has 0 aliphatic heterocycles. The Bertz CT molecular complexity index is 850. The lowest BCUT2D eigenvalue weighted by Gasteiger charge is -2.33. The molecule has 3 atom stereocenters. The molecular formula is C21H22N2O4. The van der Waals surface area contributed by atoms with Crippen molar-refractivity contribution in [3.63, 3.8) is 0 Å². The van der Waals surface area contributed by atoms with E-state index in [9.17, 15) is 14.4 Å². The fraction of sp³-hybridized carbons (Fsp3) is 0.286. The number of hydrogen-bond acceptors (Lipinski definition) is 3. The van der Waals surface area contributed by atoms with Crippen molar-refractivity contribution >= 4 is 23.5 Å². The van der Waals surface area contributed by atoms with Crippen molar-refractivity contribution in [3.05, 3.63) is 65.7 Å². The van der Waals surface area contributed by atoms with Crippen LogP contribution in [0.4, 0.5) is 5.69 Å². The molecule has 3 rings (SSSR count). The van der Waals surface area contributed by atoms with Crippen LogP contribution in [0.25, 0.3) is 0 Å². The van der Waals surface area contributed by atoms with Gasteiger partial charge in [-0.2, -0.15) is 0 Å². The number of benzene rings is 2. The summed E-state index contributed by atoms with van der Waals surface area (Å²) in [5, 5.41) is 14.8. The molecule has 2 amide bonds. The maximum atomic E-state index is 12.3. The number of carbonyl (C=O) groups is 3. The molecule has 3 unspecified atom stereocenters. The summed E-state index contributed by atoms with van der Waals surface area (Å²) in [4.78, 5) is 35.7. The molecule has 1 saturated carbocycles. The maximum absolute atomic E-state index is 12.3. The second-order valence-electron chi connectivity index (χ2n) is 6.80. The van der Waals surface area contributed by atoms with Crippen LogP contribution in [0.3, 0.4) is 0 Å². The van der Waals surface area contributed by atoms with E-state index < -0.39 is 17.8 Å². The number of carbonyl (C=O) groups excluding carboxylic acids is 2. The summed E-state index contributed by atoms with van der Waals surface area (Å²) in [6.45, 7) is 1.84. The van der Waals surface area contributed by atoms with Gasteiger partial charge in [-0.1, -0.05) is 30.3 Å². The van der Waals surface area contributed by atoms with Crippen molar-refractivity contribution in [2.75, 3.05) is 5.32 Å². The average Bonchev–Trinajstić information content (AvgIpc) is 2.61.